The van der Waals surface area contributed by atoms with Gasteiger partial charge < -0.3 is 0 Å². The van der Waals surface area contributed by atoms with Crippen molar-refractivity contribution in [3.63, 3.8) is 0 Å². The summed E-state index contributed by atoms with van der Waals surface area (Å²) in [5.74, 6) is 5.73. The highest BCUT2D eigenvalue weighted by molar-refractivity contribution is 9.10. The summed E-state index contributed by atoms with van der Waals surface area (Å²) in [7, 11) is 0. The number of benzene rings is 2. The van der Waals surface area contributed by atoms with E-state index in [1.807, 2.05) is 12.1 Å². The van der Waals surface area contributed by atoms with Gasteiger partial charge in [-0.25, -0.2) is 0 Å². The van der Waals surface area contributed by atoms with Gasteiger partial charge in [-0.3, -0.25) is 11.3 Å². The van der Waals surface area contributed by atoms with Gasteiger partial charge in [-0.15, -0.1) is 0 Å². The second-order valence-electron chi connectivity index (χ2n) is 6.42. The summed E-state index contributed by atoms with van der Waals surface area (Å²) in [6.07, 6.45) is 0.878. The number of rotatable bonds is 4. The number of hydrazine groups is 1. The number of hydrogen-bond donors (Lipinski definition) is 2. The van der Waals surface area contributed by atoms with E-state index in [0.29, 0.717) is 0 Å². The van der Waals surface area contributed by atoms with E-state index in [9.17, 15) is 0 Å². The SMILES string of the molecule is CC(C)(C)c1ccc(CC(NN)c2ccc(Br)cc2)cc1. The van der Waals surface area contributed by atoms with Crippen molar-refractivity contribution in [2.24, 2.45) is 5.84 Å². The lowest BCUT2D eigenvalue weighted by Gasteiger charge is -2.20. The van der Waals surface area contributed by atoms with Crippen LogP contribution in [0.4, 0.5) is 0 Å². The van der Waals surface area contributed by atoms with Gasteiger partial charge in [0.15, 0.2) is 0 Å². The monoisotopic (exact) mass is 346 g/mol. The molecule has 0 radical (unpaired) electrons. The Bertz CT molecular complexity index is 568. The van der Waals surface area contributed by atoms with E-state index in [1.54, 1.807) is 0 Å². The number of nitrogens with two attached hydrogens (primary N) is 1. The first kappa shape index (κ1) is 16.2. The van der Waals surface area contributed by atoms with Crippen LogP contribution in [0.3, 0.4) is 0 Å². The molecule has 0 aliphatic heterocycles. The third-order valence-electron chi connectivity index (χ3n) is 3.73. The highest BCUT2D eigenvalue weighted by atomic mass is 79.9. The van der Waals surface area contributed by atoms with Crippen LogP contribution in [0.2, 0.25) is 0 Å². The molecule has 0 aliphatic carbocycles. The van der Waals surface area contributed by atoms with Crippen LogP contribution in [0.15, 0.2) is 53.0 Å². The average Bonchev–Trinajstić information content (AvgIpc) is 2.45. The number of hydrogen-bond acceptors (Lipinski definition) is 2. The van der Waals surface area contributed by atoms with Gasteiger partial charge in [0.25, 0.3) is 0 Å². The smallest absolute Gasteiger partial charge is 0.0500 e. The summed E-state index contributed by atoms with van der Waals surface area (Å²) in [5, 5.41) is 0. The second-order valence-corrected chi connectivity index (χ2v) is 7.34. The molecule has 3 heteroatoms. The Hall–Kier alpha value is -1.16. The van der Waals surface area contributed by atoms with E-state index in [1.165, 1.54) is 16.7 Å². The Morgan fingerprint density at radius 2 is 1.57 bits per heavy atom. The Morgan fingerprint density at radius 3 is 2.05 bits per heavy atom. The molecule has 0 spiro atoms. The fourth-order valence-corrected chi connectivity index (χ4v) is 2.61. The molecular weight excluding hydrogens is 324 g/mol. The van der Waals surface area contributed by atoms with Crippen LogP contribution >= 0.6 is 15.9 Å². The van der Waals surface area contributed by atoms with E-state index in [-0.39, 0.29) is 11.5 Å². The molecule has 112 valence electrons. The lowest BCUT2D eigenvalue weighted by atomic mass is 9.86. The molecule has 2 nitrogen and oxygen atoms in total. The Balaban J connectivity index is 2.13. The first-order valence-corrected chi connectivity index (χ1v) is 8.00. The Labute approximate surface area is 135 Å². The van der Waals surface area contributed by atoms with Gasteiger partial charge in [0.05, 0.1) is 0 Å². The van der Waals surface area contributed by atoms with E-state index in [2.05, 4.69) is 78.5 Å². The molecule has 0 saturated carbocycles. The van der Waals surface area contributed by atoms with Gasteiger partial charge in [-0.05, 0) is 40.7 Å². The number of nitrogens with one attached hydrogen (secondary N) is 1. The standard InChI is InChI=1S/C18H23BrN2/c1-18(2,3)15-8-4-13(5-9-15)12-17(21-20)14-6-10-16(19)11-7-14/h4-11,17,21H,12,20H2,1-3H3. The summed E-state index contributed by atoms with van der Waals surface area (Å²) in [6.45, 7) is 6.69. The van der Waals surface area contributed by atoms with Crippen molar-refractivity contribution in [2.45, 2.75) is 38.6 Å². The molecule has 2 rings (SSSR count). The van der Waals surface area contributed by atoms with Crippen LogP contribution in [-0.4, -0.2) is 0 Å². The van der Waals surface area contributed by atoms with Crippen molar-refractivity contribution in [2.75, 3.05) is 0 Å². The molecule has 2 aromatic rings. The van der Waals surface area contributed by atoms with Crippen molar-refractivity contribution >= 4 is 15.9 Å². The van der Waals surface area contributed by atoms with Gasteiger partial charge in [0, 0.05) is 10.5 Å². The summed E-state index contributed by atoms with van der Waals surface area (Å²) >= 11 is 3.46. The first-order chi connectivity index (χ1) is 9.90. The third kappa shape index (κ3) is 4.40. The molecule has 0 amide bonds. The van der Waals surface area contributed by atoms with Gasteiger partial charge >= 0.3 is 0 Å². The zero-order chi connectivity index (χ0) is 15.5. The third-order valence-corrected chi connectivity index (χ3v) is 4.26. The van der Waals surface area contributed by atoms with Gasteiger partial charge in [-0.2, -0.15) is 0 Å². The van der Waals surface area contributed by atoms with E-state index >= 15 is 0 Å². The Kier molecular flexibility index (Phi) is 5.20. The lowest BCUT2D eigenvalue weighted by Crippen LogP contribution is -2.29. The molecule has 21 heavy (non-hydrogen) atoms. The second kappa shape index (κ2) is 6.73. The maximum Gasteiger partial charge on any atom is 0.0500 e. The quantitative estimate of drug-likeness (QED) is 0.632. The van der Waals surface area contributed by atoms with Crippen LogP contribution in [0.1, 0.15) is 43.5 Å². The molecule has 0 bridgehead atoms. The predicted molar refractivity (Wildman–Crippen MR) is 93.1 cm³/mol. The highest BCUT2D eigenvalue weighted by Crippen LogP contribution is 2.24. The zero-order valence-electron chi connectivity index (χ0n) is 12.9. The van der Waals surface area contributed by atoms with Crippen molar-refractivity contribution in [1.82, 2.24) is 5.43 Å². The molecule has 0 aromatic heterocycles. The largest absolute Gasteiger partial charge is 0.271 e. The molecule has 0 heterocycles. The van der Waals surface area contributed by atoms with E-state index < -0.39 is 0 Å². The highest BCUT2D eigenvalue weighted by Gasteiger charge is 2.14. The molecule has 2 aromatic carbocycles. The van der Waals surface area contributed by atoms with Crippen molar-refractivity contribution in [1.29, 1.82) is 0 Å². The zero-order valence-corrected chi connectivity index (χ0v) is 14.4. The summed E-state index contributed by atoms with van der Waals surface area (Å²) in [5.41, 5.74) is 6.94. The van der Waals surface area contributed by atoms with Crippen LogP contribution < -0.4 is 11.3 Å². The van der Waals surface area contributed by atoms with Crippen LogP contribution in [0.25, 0.3) is 0 Å². The molecule has 3 N–H and O–H groups in total. The lowest BCUT2D eigenvalue weighted by molar-refractivity contribution is 0.551. The molecule has 0 fully saturated rings. The fourth-order valence-electron chi connectivity index (χ4n) is 2.34. The van der Waals surface area contributed by atoms with Gasteiger partial charge in [0.1, 0.15) is 0 Å². The van der Waals surface area contributed by atoms with Crippen LogP contribution in [0.5, 0.6) is 0 Å². The first-order valence-electron chi connectivity index (χ1n) is 7.21. The normalized spacial score (nSPS) is 13.2. The Morgan fingerprint density at radius 1 is 1.00 bits per heavy atom. The minimum absolute atomic E-state index is 0.124. The molecule has 0 aliphatic rings. The van der Waals surface area contributed by atoms with E-state index in [4.69, 9.17) is 5.84 Å². The maximum absolute atomic E-state index is 5.73. The predicted octanol–water partition coefficient (Wildman–Crippen LogP) is 4.49. The fraction of sp³-hybridized carbons (Fsp3) is 0.333. The van der Waals surface area contributed by atoms with E-state index in [0.717, 1.165) is 10.9 Å². The topological polar surface area (TPSA) is 38.0 Å². The van der Waals surface area contributed by atoms with Crippen molar-refractivity contribution < 1.29 is 0 Å². The van der Waals surface area contributed by atoms with Crippen molar-refractivity contribution in [3.05, 3.63) is 69.7 Å². The molecular formula is C18H23BrN2. The van der Waals surface area contributed by atoms with Crippen LogP contribution in [-0.2, 0) is 11.8 Å². The summed E-state index contributed by atoms with van der Waals surface area (Å²) < 4.78 is 1.08. The minimum atomic E-state index is 0.124. The molecule has 1 atom stereocenters. The molecule has 0 saturated heterocycles. The van der Waals surface area contributed by atoms with Crippen LogP contribution in [0, 0.1) is 0 Å². The van der Waals surface area contributed by atoms with Gasteiger partial charge in [-0.1, -0.05) is 73.1 Å². The van der Waals surface area contributed by atoms with Crippen molar-refractivity contribution in [3.8, 4) is 0 Å². The molecule has 1 unspecified atom stereocenters. The average molecular weight is 347 g/mol. The van der Waals surface area contributed by atoms with Gasteiger partial charge in [0.2, 0.25) is 0 Å². The number of halogens is 1. The summed E-state index contributed by atoms with van der Waals surface area (Å²) in [4.78, 5) is 0. The summed E-state index contributed by atoms with van der Waals surface area (Å²) in [6, 6.07) is 17.2. The maximum atomic E-state index is 5.73. The minimum Gasteiger partial charge on any atom is -0.271 e.